The van der Waals surface area contributed by atoms with E-state index in [9.17, 15) is 4.79 Å². The van der Waals surface area contributed by atoms with Gasteiger partial charge in [-0.15, -0.1) is 11.3 Å². The topological polar surface area (TPSA) is 45.2 Å². The summed E-state index contributed by atoms with van der Waals surface area (Å²) in [6.07, 6.45) is 7.13. The predicted molar refractivity (Wildman–Crippen MR) is 94.2 cm³/mol. The molecule has 1 aliphatic rings. The third-order valence-corrected chi connectivity index (χ3v) is 4.73. The lowest BCUT2D eigenvalue weighted by molar-refractivity contribution is -0.116. The Bertz CT molecular complexity index is 667. The number of carbonyl (C=O) groups is 1. The zero-order valence-corrected chi connectivity index (χ0v) is 13.9. The maximum atomic E-state index is 11.7. The minimum Gasteiger partial charge on any atom is -0.353 e. The van der Waals surface area contributed by atoms with Gasteiger partial charge in [-0.05, 0) is 30.0 Å². The lowest BCUT2D eigenvalue weighted by Crippen LogP contribution is -2.33. The van der Waals surface area contributed by atoms with Gasteiger partial charge in [-0.2, -0.15) is 0 Å². The number of nitrogens with one attached hydrogen (secondary N) is 1. The molecular formula is C18H21N3OS. The molecule has 0 aliphatic carbocycles. The van der Waals surface area contributed by atoms with E-state index in [1.54, 1.807) is 18.3 Å². The first-order valence-corrected chi connectivity index (χ1v) is 8.84. The monoisotopic (exact) mass is 327 g/mol. The highest BCUT2D eigenvalue weighted by molar-refractivity contribution is 7.10. The smallest absolute Gasteiger partial charge is 0.244 e. The van der Waals surface area contributed by atoms with Gasteiger partial charge in [-0.25, -0.2) is 4.98 Å². The van der Waals surface area contributed by atoms with Crippen molar-refractivity contribution >= 4 is 23.3 Å². The van der Waals surface area contributed by atoms with E-state index in [0.717, 1.165) is 37.5 Å². The van der Waals surface area contributed by atoms with Crippen LogP contribution in [0, 0.1) is 0 Å². The van der Waals surface area contributed by atoms with Gasteiger partial charge in [0.15, 0.2) is 0 Å². The van der Waals surface area contributed by atoms with Crippen LogP contribution in [0.15, 0.2) is 41.9 Å². The Kier molecular flexibility index (Phi) is 5.56. The molecule has 1 N–H and O–H groups in total. The van der Waals surface area contributed by atoms with Gasteiger partial charge in [0, 0.05) is 43.8 Å². The van der Waals surface area contributed by atoms with Crippen molar-refractivity contribution < 1.29 is 4.79 Å². The molecule has 0 bridgehead atoms. The molecule has 0 saturated heterocycles. The fourth-order valence-electron chi connectivity index (χ4n) is 2.78. The number of benzene rings is 1. The largest absolute Gasteiger partial charge is 0.353 e. The van der Waals surface area contributed by atoms with Crippen molar-refractivity contribution in [1.82, 2.24) is 15.2 Å². The van der Waals surface area contributed by atoms with Gasteiger partial charge in [0.05, 0.1) is 0 Å². The summed E-state index contributed by atoms with van der Waals surface area (Å²) in [5.74, 6) is -0.0517. The quantitative estimate of drug-likeness (QED) is 0.655. The van der Waals surface area contributed by atoms with Crippen LogP contribution in [0.2, 0.25) is 0 Å². The SMILES string of the molecule is O=C(/C=C\c1nccs1)NCCCN1CCc2ccccc2C1. The summed E-state index contributed by atoms with van der Waals surface area (Å²) in [5, 5.41) is 5.68. The Morgan fingerprint density at radius 3 is 3.04 bits per heavy atom. The number of hydrogen-bond donors (Lipinski definition) is 1. The second kappa shape index (κ2) is 8.04. The molecule has 0 spiro atoms. The number of aromatic nitrogens is 1. The van der Waals surface area contributed by atoms with Crippen LogP contribution in [-0.2, 0) is 17.8 Å². The third-order valence-electron chi connectivity index (χ3n) is 3.99. The highest BCUT2D eigenvalue weighted by Gasteiger charge is 2.14. The lowest BCUT2D eigenvalue weighted by Gasteiger charge is -2.28. The third kappa shape index (κ3) is 4.74. The molecule has 3 rings (SSSR count). The summed E-state index contributed by atoms with van der Waals surface area (Å²) in [7, 11) is 0. The van der Waals surface area contributed by atoms with Gasteiger partial charge >= 0.3 is 0 Å². The zero-order chi connectivity index (χ0) is 15.9. The van der Waals surface area contributed by atoms with Gasteiger partial charge in [-0.3, -0.25) is 9.69 Å². The molecule has 1 aliphatic heterocycles. The number of thiazole rings is 1. The molecular weight excluding hydrogens is 306 g/mol. The van der Waals surface area contributed by atoms with Crippen molar-refractivity contribution in [3.8, 4) is 0 Å². The zero-order valence-electron chi connectivity index (χ0n) is 13.1. The first kappa shape index (κ1) is 15.9. The Morgan fingerprint density at radius 2 is 2.22 bits per heavy atom. The van der Waals surface area contributed by atoms with Crippen LogP contribution in [0.4, 0.5) is 0 Å². The van der Waals surface area contributed by atoms with Crippen molar-refractivity contribution in [2.75, 3.05) is 19.6 Å². The number of amides is 1. The summed E-state index contributed by atoms with van der Waals surface area (Å²) in [4.78, 5) is 18.3. The predicted octanol–water partition coefficient (Wildman–Crippen LogP) is 2.72. The van der Waals surface area contributed by atoms with Crippen LogP contribution in [-0.4, -0.2) is 35.4 Å². The van der Waals surface area contributed by atoms with Crippen LogP contribution in [0.5, 0.6) is 0 Å². The molecule has 23 heavy (non-hydrogen) atoms. The molecule has 0 atom stereocenters. The Labute approximate surface area is 140 Å². The minimum atomic E-state index is -0.0517. The van der Waals surface area contributed by atoms with Crippen LogP contribution >= 0.6 is 11.3 Å². The molecule has 1 aromatic carbocycles. The molecule has 0 radical (unpaired) electrons. The lowest BCUT2D eigenvalue weighted by atomic mass is 10.00. The number of fused-ring (bicyclic) bond motifs is 1. The standard InChI is InChI=1S/C18H21N3OS/c22-17(6-7-18-20-10-13-23-18)19-9-3-11-21-12-8-15-4-1-2-5-16(15)14-21/h1-2,4-7,10,13H,3,8-9,11-12,14H2,(H,19,22)/b7-6-. The molecule has 1 aromatic heterocycles. The summed E-state index contributed by atoms with van der Waals surface area (Å²) >= 11 is 1.52. The van der Waals surface area contributed by atoms with Crippen molar-refractivity contribution in [3.05, 3.63) is 58.1 Å². The second-order valence-electron chi connectivity index (χ2n) is 5.64. The summed E-state index contributed by atoms with van der Waals surface area (Å²) in [6, 6.07) is 8.66. The van der Waals surface area contributed by atoms with E-state index in [2.05, 4.69) is 39.5 Å². The van der Waals surface area contributed by atoms with E-state index in [4.69, 9.17) is 0 Å². The van der Waals surface area contributed by atoms with E-state index in [-0.39, 0.29) is 5.91 Å². The first-order chi connectivity index (χ1) is 11.3. The molecule has 0 unspecified atom stereocenters. The molecule has 5 heteroatoms. The fourth-order valence-corrected chi connectivity index (χ4v) is 3.31. The number of rotatable bonds is 6. The maximum absolute atomic E-state index is 11.7. The molecule has 120 valence electrons. The number of carbonyl (C=O) groups excluding carboxylic acids is 1. The fraction of sp³-hybridized carbons (Fsp3) is 0.333. The molecule has 0 saturated carbocycles. The average Bonchev–Trinajstić information content (AvgIpc) is 3.10. The summed E-state index contributed by atoms with van der Waals surface area (Å²) < 4.78 is 0. The van der Waals surface area contributed by atoms with Gasteiger partial charge in [0.2, 0.25) is 5.91 Å². The second-order valence-corrected chi connectivity index (χ2v) is 6.57. The van der Waals surface area contributed by atoms with Crippen LogP contribution < -0.4 is 5.32 Å². The van der Waals surface area contributed by atoms with E-state index in [1.165, 1.54) is 22.5 Å². The number of hydrogen-bond acceptors (Lipinski definition) is 4. The van der Waals surface area contributed by atoms with Crippen molar-refractivity contribution in [2.45, 2.75) is 19.4 Å². The highest BCUT2D eigenvalue weighted by atomic mass is 32.1. The highest BCUT2D eigenvalue weighted by Crippen LogP contribution is 2.18. The van der Waals surface area contributed by atoms with Gasteiger partial charge in [-0.1, -0.05) is 24.3 Å². The first-order valence-electron chi connectivity index (χ1n) is 7.96. The molecule has 1 amide bonds. The van der Waals surface area contributed by atoms with E-state index < -0.39 is 0 Å². The molecule has 2 heterocycles. The maximum Gasteiger partial charge on any atom is 0.244 e. The van der Waals surface area contributed by atoms with E-state index in [1.807, 2.05) is 5.38 Å². The number of nitrogens with zero attached hydrogens (tertiary/aromatic N) is 2. The van der Waals surface area contributed by atoms with Gasteiger partial charge in [0.1, 0.15) is 5.01 Å². The van der Waals surface area contributed by atoms with E-state index >= 15 is 0 Å². The van der Waals surface area contributed by atoms with Gasteiger partial charge in [0.25, 0.3) is 0 Å². The average molecular weight is 327 g/mol. The van der Waals surface area contributed by atoms with Crippen molar-refractivity contribution in [3.63, 3.8) is 0 Å². The van der Waals surface area contributed by atoms with Gasteiger partial charge < -0.3 is 5.32 Å². The molecule has 0 fully saturated rings. The van der Waals surface area contributed by atoms with Crippen molar-refractivity contribution in [2.24, 2.45) is 0 Å². The normalized spacial score (nSPS) is 14.8. The summed E-state index contributed by atoms with van der Waals surface area (Å²) in [6.45, 7) is 3.85. The van der Waals surface area contributed by atoms with Crippen molar-refractivity contribution in [1.29, 1.82) is 0 Å². The van der Waals surface area contributed by atoms with Crippen LogP contribution in [0.25, 0.3) is 6.08 Å². The van der Waals surface area contributed by atoms with Crippen LogP contribution in [0.3, 0.4) is 0 Å². The van der Waals surface area contributed by atoms with E-state index in [0.29, 0.717) is 6.54 Å². The Hall–Kier alpha value is -1.98. The summed E-state index contributed by atoms with van der Waals surface area (Å²) in [5.41, 5.74) is 2.92. The molecule has 2 aromatic rings. The Balaban J connectivity index is 1.35. The minimum absolute atomic E-state index is 0.0517. The Morgan fingerprint density at radius 1 is 1.35 bits per heavy atom. The molecule has 4 nitrogen and oxygen atoms in total. The van der Waals surface area contributed by atoms with Crippen LogP contribution in [0.1, 0.15) is 22.6 Å².